The zero-order chi connectivity index (χ0) is 31.6. The number of halogens is 2. The third-order valence-electron chi connectivity index (χ3n) is 8.52. The van der Waals surface area contributed by atoms with Gasteiger partial charge in [-0.15, -0.1) is 0 Å². The van der Waals surface area contributed by atoms with Crippen molar-refractivity contribution in [1.82, 2.24) is 4.98 Å². The minimum Gasteiger partial charge on any atom is -0.476 e. The molecule has 0 bridgehead atoms. The minimum atomic E-state index is -1.17. The normalized spacial score (nSPS) is 19.5. The third kappa shape index (κ3) is 6.65. The average Bonchev–Trinajstić information content (AvgIpc) is 3.50. The molecule has 2 aliphatic heterocycles. The number of aromatic carboxylic acids is 1. The molecular weight excluding hydrogens is 586 g/mol. The van der Waals surface area contributed by atoms with E-state index in [0.29, 0.717) is 50.1 Å². The van der Waals surface area contributed by atoms with Crippen molar-refractivity contribution in [2.24, 2.45) is 5.92 Å². The van der Waals surface area contributed by atoms with Crippen LogP contribution < -0.4 is 4.90 Å². The van der Waals surface area contributed by atoms with E-state index in [2.05, 4.69) is 4.98 Å². The number of aromatic nitrogens is 1. The first-order valence-corrected chi connectivity index (χ1v) is 14.7. The molecule has 2 saturated heterocycles. The third-order valence-corrected chi connectivity index (χ3v) is 8.52. The number of aryl methyl sites for hydroxylation is 1. The van der Waals surface area contributed by atoms with E-state index < -0.39 is 29.4 Å². The van der Waals surface area contributed by atoms with E-state index in [1.165, 1.54) is 36.4 Å². The topological polar surface area (TPSA) is 122 Å². The van der Waals surface area contributed by atoms with Gasteiger partial charge in [0.05, 0.1) is 31.3 Å². The molecule has 11 heteroatoms. The molecule has 3 atom stereocenters. The number of anilines is 1. The highest BCUT2D eigenvalue weighted by Gasteiger charge is 2.48. The van der Waals surface area contributed by atoms with Crippen molar-refractivity contribution in [2.75, 3.05) is 18.1 Å². The van der Waals surface area contributed by atoms with E-state index >= 15 is 0 Å². The molecule has 3 aromatic carbocycles. The number of nitrogens with zero attached hydrogens (tertiary/aromatic N) is 2. The summed E-state index contributed by atoms with van der Waals surface area (Å²) in [6, 6.07) is 19.2. The van der Waals surface area contributed by atoms with E-state index in [4.69, 9.17) is 19.0 Å². The number of carboxylic acids is 1. The minimum absolute atomic E-state index is 0.0295. The Balaban J connectivity index is 1.12. The SMILES string of the molecule is O=C(O)c1coc(COC2(CCc3ccc(C4[C@@H](CCC(O)c5ccc(F)cc5)C(=O)N4c4ccc(F)cc4)cc3)COC2)n1. The van der Waals surface area contributed by atoms with Crippen LogP contribution in [-0.2, 0) is 27.3 Å². The summed E-state index contributed by atoms with van der Waals surface area (Å²) in [4.78, 5) is 30.0. The number of amides is 1. The summed E-state index contributed by atoms with van der Waals surface area (Å²) >= 11 is 0. The van der Waals surface area contributed by atoms with E-state index in [0.717, 1.165) is 17.4 Å². The maximum Gasteiger partial charge on any atom is 0.357 e. The van der Waals surface area contributed by atoms with E-state index in [-0.39, 0.29) is 36.0 Å². The molecule has 45 heavy (non-hydrogen) atoms. The molecule has 2 fully saturated rings. The first-order valence-electron chi connectivity index (χ1n) is 14.7. The molecule has 0 aliphatic carbocycles. The molecule has 9 nitrogen and oxygen atoms in total. The molecule has 1 amide bonds. The van der Waals surface area contributed by atoms with Crippen LogP contribution in [0.15, 0.2) is 83.5 Å². The summed E-state index contributed by atoms with van der Waals surface area (Å²) in [7, 11) is 0. The second-order valence-electron chi connectivity index (χ2n) is 11.5. The fourth-order valence-corrected chi connectivity index (χ4v) is 5.86. The number of carbonyl (C=O) groups excluding carboxylic acids is 1. The molecule has 3 heterocycles. The summed E-state index contributed by atoms with van der Waals surface area (Å²) in [6.45, 7) is 0.835. The molecule has 0 saturated carbocycles. The Morgan fingerprint density at radius 1 is 1.02 bits per heavy atom. The zero-order valence-electron chi connectivity index (χ0n) is 24.3. The second kappa shape index (κ2) is 12.9. The van der Waals surface area contributed by atoms with Gasteiger partial charge < -0.3 is 29.0 Å². The number of benzene rings is 3. The fraction of sp³-hybridized carbons (Fsp3) is 0.324. The van der Waals surface area contributed by atoms with Crippen molar-refractivity contribution in [3.8, 4) is 0 Å². The number of aliphatic hydroxyl groups is 1. The average molecular weight is 619 g/mol. The lowest BCUT2D eigenvalue weighted by Crippen LogP contribution is -2.55. The predicted molar refractivity (Wildman–Crippen MR) is 157 cm³/mol. The van der Waals surface area contributed by atoms with Gasteiger partial charge in [-0.2, -0.15) is 0 Å². The first-order chi connectivity index (χ1) is 21.7. The number of hydrogen-bond acceptors (Lipinski definition) is 7. The van der Waals surface area contributed by atoms with Gasteiger partial charge in [-0.1, -0.05) is 36.4 Å². The van der Waals surface area contributed by atoms with E-state index in [9.17, 15) is 23.5 Å². The number of oxazole rings is 1. The van der Waals surface area contributed by atoms with Gasteiger partial charge in [-0.05, 0) is 78.8 Å². The standard InChI is InChI=1S/C34H32F2N2O7/c35-24-7-5-22(6-8-24)29(39)14-13-27-31(38(32(27)40)26-11-9-25(36)10-12-26)23-3-1-21(2-4-23)15-16-34(19-43-20-34)45-18-30-37-28(17-44-30)33(41)42/h1-12,17,27,29,31,39H,13-16,18-20H2,(H,41,42)/t27-,29?,31?/m1/s1. The van der Waals surface area contributed by atoms with Crippen LogP contribution in [0.3, 0.4) is 0 Å². The smallest absolute Gasteiger partial charge is 0.357 e. The van der Waals surface area contributed by atoms with E-state index in [1.54, 1.807) is 17.0 Å². The van der Waals surface area contributed by atoms with Crippen molar-refractivity contribution in [3.63, 3.8) is 0 Å². The van der Waals surface area contributed by atoms with Crippen LogP contribution in [0.4, 0.5) is 14.5 Å². The van der Waals surface area contributed by atoms with Crippen molar-refractivity contribution in [3.05, 3.63) is 119 Å². The maximum atomic E-state index is 13.7. The highest BCUT2D eigenvalue weighted by Crippen LogP contribution is 2.46. The van der Waals surface area contributed by atoms with Crippen LogP contribution in [0.5, 0.6) is 0 Å². The molecule has 1 aromatic heterocycles. The van der Waals surface area contributed by atoms with Crippen LogP contribution in [0, 0.1) is 17.6 Å². The van der Waals surface area contributed by atoms with Crippen LogP contribution in [-0.4, -0.2) is 45.9 Å². The molecule has 2 aliphatic rings. The molecular formula is C34H32F2N2O7. The molecule has 4 aromatic rings. The van der Waals surface area contributed by atoms with Gasteiger partial charge in [0.2, 0.25) is 11.8 Å². The predicted octanol–water partition coefficient (Wildman–Crippen LogP) is 5.79. The van der Waals surface area contributed by atoms with Gasteiger partial charge in [0.15, 0.2) is 5.69 Å². The molecule has 2 N–H and O–H groups in total. The van der Waals surface area contributed by atoms with Crippen LogP contribution in [0.1, 0.15) is 64.5 Å². The zero-order valence-corrected chi connectivity index (χ0v) is 24.3. The quantitative estimate of drug-likeness (QED) is 0.181. The Kier molecular flexibility index (Phi) is 8.75. The van der Waals surface area contributed by atoms with Gasteiger partial charge >= 0.3 is 5.97 Å². The molecule has 0 radical (unpaired) electrons. The van der Waals surface area contributed by atoms with Gasteiger partial charge in [-0.25, -0.2) is 18.6 Å². The van der Waals surface area contributed by atoms with Gasteiger partial charge in [0.1, 0.15) is 30.1 Å². The molecule has 2 unspecified atom stereocenters. The second-order valence-corrected chi connectivity index (χ2v) is 11.5. The summed E-state index contributed by atoms with van der Waals surface area (Å²) in [6.07, 6.45) is 2.33. The number of ether oxygens (including phenoxy) is 2. The van der Waals surface area contributed by atoms with E-state index in [1.807, 2.05) is 24.3 Å². The van der Waals surface area contributed by atoms with Gasteiger partial charge in [-0.3, -0.25) is 4.79 Å². The van der Waals surface area contributed by atoms with Gasteiger partial charge in [0, 0.05) is 5.69 Å². The first kappa shape index (κ1) is 30.6. The number of hydrogen-bond donors (Lipinski definition) is 2. The molecule has 234 valence electrons. The van der Waals surface area contributed by atoms with Crippen molar-refractivity contribution < 1.29 is 42.5 Å². The van der Waals surface area contributed by atoms with Crippen molar-refractivity contribution in [2.45, 2.75) is 50.0 Å². The van der Waals surface area contributed by atoms with Crippen LogP contribution in [0.2, 0.25) is 0 Å². The Hall–Kier alpha value is -4.45. The Labute approximate surface area is 258 Å². The summed E-state index contributed by atoms with van der Waals surface area (Å²) in [5.41, 5.74) is 2.44. The Morgan fingerprint density at radius 3 is 2.29 bits per heavy atom. The number of carboxylic acid groups (broad SMARTS) is 1. The fourth-order valence-electron chi connectivity index (χ4n) is 5.86. The van der Waals surface area contributed by atoms with Crippen LogP contribution in [0.25, 0.3) is 0 Å². The van der Waals surface area contributed by atoms with Crippen molar-refractivity contribution in [1.29, 1.82) is 0 Å². The molecule has 6 rings (SSSR count). The Bertz CT molecular complexity index is 1640. The lowest BCUT2D eigenvalue weighted by molar-refractivity contribution is -0.220. The van der Waals surface area contributed by atoms with Gasteiger partial charge in [0.25, 0.3) is 0 Å². The highest BCUT2D eigenvalue weighted by molar-refractivity contribution is 6.03. The maximum absolute atomic E-state index is 13.7. The Morgan fingerprint density at radius 2 is 1.69 bits per heavy atom. The number of rotatable bonds is 13. The monoisotopic (exact) mass is 618 g/mol. The summed E-state index contributed by atoms with van der Waals surface area (Å²) in [5, 5.41) is 19.7. The molecule has 0 spiro atoms. The number of β-lactam (4-membered cyclic amide) rings is 1. The summed E-state index contributed by atoms with van der Waals surface area (Å²) in [5.74, 6) is -2.26. The number of aliphatic hydroxyl groups excluding tert-OH is 1. The highest BCUT2D eigenvalue weighted by atomic mass is 19.1. The number of carbonyl (C=O) groups is 2. The van der Waals surface area contributed by atoms with Crippen LogP contribution >= 0.6 is 0 Å². The summed E-state index contributed by atoms with van der Waals surface area (Å²) < 4.78 is 43.7. The lowest BCUT2D eigenvalue weighted by atomic mass is 9.78. The van der Waals surface area contributed by atoms with Crippen molar-refractivity contribution >= 4 is 17.6 Å². The largest absolute Gasteiger partial charge is 0.476 e. The lowest BCUT2D eigenvalue weighted by Gasteiger charge is -2.48.